The second-order valence-corrected chi connectivity index (χ2v) is 4.00. The van der Waals surface area contributed by atoms with E-state index in [9.17, 15) is 18.0 Å². The van der Waals surface area contributed by atoms with Crippen LogP contribution in [0.5, 0.6) is 5.75 Å². The molecule has 96 valence electrons. The second kappa shape index (κ2) is 4.48. The number of carbonyl (C=O) groups is 1. The maximum atomic E-state index is 12.8. The molecule has 0 heterocycles. The standard InChI is InChI=1S/C13H11F3O2/c1-18-9-4-2-8(3-5-9)10-6-7-11(17)12(10)13(14,15)16/h2-5H,6-7H2,1H3. The van der Waals surface area contributed by atoms with Crippen LogP contribution in [0.15, 0.2) is 29.8 Å². The molecule has 1 aliphatic rings. The van der Waals surface area contributed by atoms with E-state index in [-0.39, 0.29) is 18.4 Å². The van der Waals surface area contributed by atoms with Gasteiger partial charge in [-0.3, -0.25) is 4.79 Å². The van der Waals surface area contributed by atoms with Crippen molar-refractivity contribution in [2.45, 2.75) is 19.0 Å². The summed E-state index contributed by atoms with van der Waals surface area (Å²) in [6.45, 7) is 0. The largest absolute Gasteiger partial charge is 0.497 e. The first-order valence-electron chi connectivity index (χ1n) is 5.41. The van der Waals surface area contributed by atoms with Crippen LogP contribution in [-0.4, -0.2) is 19.1 Å². The fraction of sp³-hybridized carbons (Fsp3) is 0.308. The summed E-state index contributed by atoms with van der Waals surface area (Å²) in [5.74, 6) is -0.259. The number of halogens is 3. The topological polar surface area (TPSA) is 26.3 Å². The molecule has 2 rings (SSSR count). The van der Waals surface area contributed by atoms with Crippen molar-refractivity contribution in [2.75, 3.05) is 7.11 Å². The molecule has 18 heavy (non-hydrogen) atoms. The Morgan fingerprint density at radius 3 is 2.22 bits per heavy atom. The average Bonchev–Trinajstić information content (AvgIpc) is 2.71. The number of methoxy groups -OCH3 is 1. The Morgan fingerprint density at radius 2 is 1.72 bits per heavy atom. The van der Waals surface area contributed by atoms with Crippen molar-refractivity contribution in [2.24, 2.45) is 0 Å². The van der Waals surface area contributed by atoms with Gasteiger partial charge in [0.2, 0.25) is 0 Å². The van der Waals surface area contributed by atoms with Crippen molar-refractivity contribution in [3.8, 4) is 5.75 Å². The fourth-order valence-corrected chi connectivity index (χ4v) is 2.07. The highest BCUT2D eigenvalue weighted by Gasteiger charge is 2.43. The van der Waals surface area contributed by atoms with Crippen molar-refractivity contribution >= 4 is 11.4 Å². The summed E-state index contributed by atoms with van der Waals surface area (Å²) in [4.78, 5) is 11.3. The maximum Gasteiger partial charge on any atom is 0.420 e. The first kappa shape index (κ1) is 12.7. The van der Waals surface area contributed by atoms with Gasteiger partial charge < -0.3 is 4.74 Å². The van der Waals surface area contributed by atoms with Gasteiger partial charge in [-0.2, -0.15) is 13.2 Å². The molecular weight excluding hydrogens is 245 g/mol. The normalized spacial score (nSPS) is 16.3. The van der Waals surface area contributed by atoms with Crippen LogP contribution in [0.2, 0.25) is 0 Å². The molecule has 1 aromatic carbocycles. The monoisotopic (exact) mass is 256 g/mol. The van der Waals surface area contributed by atoms with Crippen LogP contribution in [-0.2, 0) is 4.79 Å². The molecule has 0 aromatic heterocycles. The molecule has 0 fully saturated rings. The maximum absolute atomic E-state index is 12.8. The van der Waals surface area contributed by atoms with Gasteiger partial charge in [-0.1, -0.05) is 12.1 Å². The first-order chi connectivity index (χ1) is 8.43. The zero-order valence-electron chi connectivity index (χ0n) is 9.67. The number of rotatable bonds is 2. The number of allylic oxidation sites excluding steroid dienone is 2. The molecule has 5 heteroatoms. The molecule has 0 spiro atoms. The van der Waals surface area contributed by atoms with Gasteiger partial charge in [0.15, 0.2) is 5.78 Å². The van der Waals surface area contributed by atoms with Gasteiger partial charge in [-0.05, 0) is 29.7 Å². The third-order valence-electron chi connectivity index (χ3n) is 2.90. The number of ether oxygens (including phenoxy) is 1. The first-order valence-corrected chi connectivity index (χ1v) is 5.41. The third-order valence-corrected chi connectivity index (χ3v) is 2.90. The van der Waals surface area contributed by atoms with E-state index in [1.165, 1.54) is 7.11 Å². The Bertz CT molecular complexity index is 498. The minimum Gasteiger partial charge on any atom is -0.497 e. The Labute approximate surface area is 102 Å². The summed E-state index contributed by atoms with van der Waals surface area (Å²) in [6.07, 6.45) is -4.51. The summed E-state index contributed by atoms with van der Waals surface area (Å²) in [6, 6.07) is 6.25. The molecule has 0 radical (unpaired) electrons. The van der Waals surface area contributed by atoms with E-state index in [1.807, 2.05) is 0 Å². The Hall–Kier alpha value is -1.78. The van der Waals surface area contributed by atoms with Crippen LogP contribution in [0, 0.1) is 0 Å². The smallest absolute Gasteiger partial charge is 0.420 e. The zero-order chi connectivity index (χ0) is 13.3. The SMILES string of the molecule is COc1ccc(C2=C(C(F)(F)F)C(=O)CC2)cc1. The molecule has 0 saturated carbocycles. The van der Waals surface area contributed by atoms with Gasteiger partial charge >= 0.3 is 6.18 Å². The van der Waals surface area contributed by atoms with Gasteiger partial charge in [0, 0.05) is 6.42 Å². The minimum atomic E-state index is -4.58. The van der Waals surface area contributed by atoms with E-state index in [0.717, 1.165) is 0 Å². The zero-order valence-corrected chi connectivity index (χ0v) is 9.67. The van der Waals surface area contributed by atoms with Crippen molar-refractivity contribution < 1.29 is 22.7 Å². The quantitative estimate of drug-likeness (QED) is 0.810. The van der Waals surface area contributed by atoms with Crippen molar-refractivity contribution in [3.05, 3.63) is 35.4 Å². The Balaban J connectivity index is 2.46. The summed E-state index contributed by atoms with van der Waals surface area (Å²) in [5.41, 5.74) is -0.503. The number of hydrogen-bond donors (Lipinski definition) is 0. The Morgan fingerprint density at radius 1 is 1.11 bits per heavy atom. The van der Waals surface area contributed by atoms with E-state index in [1.54, 1.807) is 24.3 Å². The van der Waals surface area contributed by atoms with E-state index in [2.05, 4.69) is 0 Å². The lowest BCUT2D eigenvalue weighted by molar-refractivity contribution is -0.127. The number of ketones is 1. The fourth-order valence-electron chi connectivity index (χ4n) is 2.07. The lowest BCUT2D eigenvalue weighted by atomic mass is 10.0. The van der Waals surface area contributed by atoms with Crippen LogP contribution in [0.25, 0.3) is 5.57 Å². The molecule has 1 aromatic rings. The van der Waals surface area contributed by atoms with Gasteiger partial charge in [0.1, 0.15) is 11.3 Å². The average molecular weight is 256 g/mol. The van der Waals surface area contributed by atoms with Crippen LogP contribution < -0.4 is 4.74 Å². The highest BCUT2D eigenvalue weighted by Crippen LogP contribution is 2.41. The van der Waals surface area contributed by atoms with E-state index in [0.29, 0.717) is 11.3 Å². The van der Waals surface area contributed by atoms with Gasteiger partial charge in [-0.25, -0.2) is 0 Å². The third kappa shape index (κ3) is 2.25. The predicted molar refractivity (Wildman–Crippen MR) is 60.2 cm³/mol. The molecule has 1 aliphatic carbocycles. The van der Waals surface area contributed by atoms with Crippen molar-refractivity contribution in [1.82, 2.24) is 0 Å². The van der Waals surface area contributed by atoms with Crippen LogP contribution in [0.1, 0.15) is 18.4 Å². The molecule has 2 nitrogen and oxygen atoms in total. The summed E-state index contributed by atoms with van der Waals surface area (Å²) in [5, 5.41) is 0. The molecule has 0 atom stereocenters. The van der Waals surface area contributed by atoms with E-state index < -0.39 is 17.5 Å². The highest BCUT2D eigenvalue weighted by atomic mass is 19.4. The van der Waals surface area contributed by atoms with Gasteiger partial charge in [0.25, 0.3) is 0 Å². The molecular formula is C13H11F3O2. The van der Waals surface area contributed by atoms with Gasteiger partial charge in [0.05, 0.1) is 7.11 Å². The summed E-state index contributed by atoms with van der Waals surface area (Å²) in [7, 11) is 1.48. The molecule has 0 amide bonds. The second-order valence-electron chi connectivity index (χ2n) is 4.00. The molecule has 0 N–H and O–H groups in total. The van der Waals surface area contributed by atoms with Crippen molar-refractivity contribution in [1.29, 1.82) is 0 Å². The molecule has 0 bridgehead atoms. The number of hydrogen-bond acceptors (Lipinski definition) is 2. The minimum absolute atomic E-state index is 0.0732. The number of carbonyl (C=O) groups excluding carboxylic acids is 1. The van der Waals surface area contributed by atoms with E-state index in [4.69, 9.17) is 4.74 Å². The molecule has 0 aliphatic heterocycles. The summed E-state index contributed by atoms with van der Waals surface area (Å²) < 4.78 is 43.3. The molecule has 0 saturated heterocycles. The predicted octanol–water partition coefficient (Wildman–Crippen LogP) is 3.37. The van der Waals surface area contributed by atoms with E-state index >= 15 is 0 Å². The lowest BCUT2D eigenvalue weighted by Gasteiger charge is -2.10. The molecule has 0 unspecified atom stereocenters. The van der Waals surface area contributed by atoms with Crippen LogP contribution in [0.3, 0.4) is 0 Å². The highest BCUT2D eigenvalue weighted by molar-refractivity contribution is 6.08. The van der Waals surface area contributed by atoms with Crippen molar-refractivity contribution in [3.63, 3.8) is 0 Å². The lowest BCUT2D eigenvalue weighted by Crippen LogP contribution is -2.17. The number of benzene rings is 1. The van der Waals surface area contributed by atoms with Gasteiger partial charge in [-0.15, -0.1) is 0 Å². The Kier molecular flexibility index (Phi) is 3.15. The van der Waals surface area contributed by atoms with Crippen LogP contribution in [0.4, 0.5) is 13.2 Å². The summed E-state index contributed by atoms with van der Waals surface area (Å²) >= 11 is 0. The number of alkyl halides is 3. The van der Waals surface area contributed by atoms with Crippen LogP contribution >= 0.6 is 0 Å². The number of Topliss-reactive ketones (excluding diaryl/α,β-unsaturated/α-hetero) is 1.